The third-order valence-corrected chi connectivity index (χ3v) is 5.55. The molecule has 0 bridgehead atoms. The van der Waals surface area contributed by atoms with Gasteiger partial charge in [0, 0.05) is 12.1 Å². The maximum absolute atomic E-state index is 13.5. The number of benzene rings is 2. The first kappa shape index (κ1) is 23.0. The van der Waals surface area contributed by atoms with Gasteiger partial charge >= 0.3 is 0 Å². The van der Waals surface area contributed by atoms with Crippen molar-refractivity contribution in [3.8, 4) is 5.75 Å². The smallest absolute Gasteiger partial charge is 0.295 e. The van der Waals surface area contributed by atoms with Crippen molar-refractivity contribution in [2.75, 3.05) is 20.3 Å². The molecule has 31 heavy (non-hydrogen) atoms. The van der Waals surface area contributed by atoms with Gasteiger partial charge in [-0.25, -0.2) is 4.39 Å². The van der Waals surface area contributed by atoms with Crippen LogP contribution in [0.25, 0.3) is 5.76 Å². The zero-order valence-electron chi connectivity index (χ0n) is 17.4. The van der Waals surface area contributed by atoms with E-state index in [0.717, 1.165) is 0 Å². The second-order valence-electron chi connectivity index (χ2n) is 7.31. The Kier molecular flexibility index (Phi) is 7.12. The highest BCUT2D eigenvalue weighted by atomic mass is 79.9. The van der Waals surface area contributed by atoms with Gasteiger partial charge in [0.25, 0.3) is 11.7 Å². The fraction of sp³-hybridized carbons (Fsp3) is 0.304. The number of nitrogens with zero attached hydrogens (tertiary/aromatic N) is 1. The van der Waals surface area contributed by atoms with Gasteiger partial charge in [0.1, 0.15) is 17.3 Å². The van der Waals surface area contributed by atoms with Crippen molar-refractivity contribution in [3.63, 3.8) is 0 Å². The third kappa shape index (κ3) is 4.80. The van der Waals surface area contributed by atoms with E-state index in [1.165, 1.54) is 36.3 Å². The number of amides is 1. The molecule has 2 aromatic rings. The van der Waals surface area contributed by atoms with E-state index in [-0.39, 0.29) is 30.6 Å². The quantitative estimate of drug-likeness (QED) is 0.352. The van der Waals surface area contributed by atoms with Crippen LogP contribution in [-0.2, 0) is 14.3 Å². The van der Waals surface area contributed by atoms with E-state index >= 15 is 0 Å². The zero-order chi connectivity index (χ0) is 22.7. The molecule has 1 aliphatic rings. The van der Waals surface area contributed by atoms with Crippen molar-refractivity contribution in [1.82, 2.24) is 4.90 Å². The average molecular weight is 492 g/mol. The lowest BCUT2D eigenvalue weighted by Gasteiger charge is -2.25. The van der Waals surface area contributed by atoms with Crippen molar-refractivity contribution in [2.45, 2.75) is 26.0 Å². The Labute approximate surface area is 188 Å². The SMILES string of the molecule is COc1ccc(/C(O)=C2/C(=O)C(=O)N(CCOC(C)C)C2c2ccc(F)cc2)cc1Br. The molecule has 0 spiro atoms. The summed E-state index contributed by atoms with van der Waals surface area (Å²) in [6.07, 6.45) is -0.0438. The first-order valence-corrected chi connectivity index (χ1v) is 10.5. The minimum atomic E-state index is -0.864. The van der Waals surface area contributed by atoms with Crippen LogP contribution < -0.4 is 4.74 Å². The summed E-state index contributed by atoms with van der Waals surface area (Å²) in [4.78, 5) is 27.1. The van der Waals surface area contributed by atoms with E-state index in [1.807, 2.05) is 13.8 Å². The normalized spacial score (nSPS) is 18.1. The molecule has 1 saturated heterocycles. The molecule has 1 amide bonds. The summed E-state index contributed by atoms with van der Waals surface area (Å²) in [6.45, 7) is 4.10. The van der Waals surface area contributed by atoms with Gasteiger partial charge in [0.05, 0.1) is 35.9 Å². The molecular formula is C23H23BrFNO5. The molecule has 1 aliphatic heterocycles. The summed E-state index contributed by atoms with van der Waals surface area (Å²) in [5.41, 5.74) is 0.800. The van der Waals surface area contributed by atoms with Gasteiger partial charge in [-0.3, -0.25) is 9.59 Å². The van der Waals surface area contributed by atoms with E-state index in [0.29, 0.717) is 21.3 Å². The summed E-state index contributed by atoms with van der Waals surface area (Å²) in [7, 11) is 1.51. The second kappa shape index (κ2) is 9.62. The monoisotopic (exact) mass is 491 g/mol. The molecule has 0 aromatic heterocycles. The number of ether oxygens (including phenoxy) is 2. The Morgan fingerprint density at radius 3 is 2.45 bits per heavy atom. The minimum absolute atomic E-state index is 0.0438. The summed E-state index contributed by atoms with van der Waals surface area (Å²) in [5, 5.41) is 11.0. The Hall–Kier alpha value is -2.71. The summed E-state index contributed by atoms with van der Waals surface area (Å²) in [5.74, 6) is -1.75. The lowest BCUT2D eigenvalue weighted by atomic mass is 9.95. The van der Waals surface area contributed by atoms with Gasteiger partial charge < -0.3 is 19.5 Å². The van der Waals surface area contributed by atoms with E-state index in [4.69, 9.17) is 9.47 Å². The van der Waals surface area contributed by atoms with Crippen LogP contribution in [0.4, 0.5) is 4.39 Å². The van der Waals surface area contributed by atoms with Crippen LogP contribution in [0.15, 0.2) is 52.5 Å². The van der Waals surface area contributed by atoms with Crippen molar-refractivity contribution in [2.24, 2.45) is 0 Å². The average Bonchev–Trinajstić information content (AvgIpc) is 2.98. The van der Waals surface area contributed by atoms with Crippen molar-refractivity contribution >= 4 is 33.4 Å². The maximum atomic E-state index is 13.5. The number of aliphatic hydroxyl groups excluding tert-OH is 1. The number of halogens is 2. The molecule has 6 nitrogen and oxygen atoms in total. The highest BCUT2D eigenvalue weighted by molar-refractivity contribution is 9.10. The van der Waals surface area contributed by atoms with Gasteiger partial charge in [-0.1, -0.05) is 12.1 Å². The Bertz CT molecular complexity index is 1020. The first-order valence-electron chi connectivity index (χ1n) is 9.74. The topological polar surface area (TPSA) is 76.1 Å². The highest BCUT2D eigenvalue weighted by Crippen LogP contribution is 2.40. The fourth-order valence-corrected chi connectivity index (χ4v) is 4.00. The van der Waals surface area contributed by atoms with Crippen LogP contribution >= 0.6 is 15.9 Å². The van der Waals surface area contributed by atoms with E-state index in [9.17, 15) is 19.1 Å². The second-order valence-corrected chi connectivity index (χ2v) is 8.17. The van der Waals surface area contributed by atoms with Crippen LogP contribution in [-0.4, -0.2) is 48.1 Å². The highest BCUT2D eigenvalue weighted by Gasteiger charge is 2.45. The van der Waals surface area contributed by atoms with Gasteiger partial charge in [-0.05, 0) is 65.7 Å². The van der Waals surface area contributed by atoms with E-state index in [2.05, 4.69) is 15.9 Å². The number of carbonyl (C=O) groups excluding carboxylic acids is 2. The molecule has 0 saturated carbocycles. The van der Waals surface area contributed by atoms with Crippen LogP contribution in [0, 0.1) is 5.82 Å². The van der Waals surface area contributed by atoms with E-state index < -0.39 is 23.5 Å². The molecule has 2 aromatic carbocycles. The Morgan fingerprint density at radius 1 is 1.19 bits per heavy atom. The lowest BCUT2D eigenvalue weighted by Crippen LogP contribution is -2.33. The zero-order valence-corrected chi connectivity index (χ0v) is 19.0. The predicted octanol–water partition coefficient (Wildman–Crippen LogP) is 4.44. The lowest BCUT2D eigenvalue weighted by molar-refractivity contribution is -0.140. The molecule has 3 rings (SSSR count). The standard InChI is InChI=1S/C23H23BrFNO5/c1-13(2)31-11-10-26-20(14-4-7-16(25)8-5-14)19(22(28)23(26)29)21(27)15-6-9-18(30-3)17(24)12-15/h4-9,12-13,20,27H,10-11H2,1-3H3/b21-19-. The van der Waals surface area contributed by atoms with Gasteiger partial charge in [-0.15, -0.1) is 0 Å². The molecule has 1 atom stereocenters. The number of Topliss-reactive ketones (excluding diaryl/α,β-unsaturated/α-hetero) is 1. The molecule has 0 radical (unpaired) electrons. The molecule has 1 unspecified atom stereocenters. The van der Waals surface area contributed by atoms with Gasteiger partial charge in [-0.2, -0.15) is 0 Å². The third-order valence-electron chi connectivity index (χ3n) is 4.93. The van der Waals surface area contributed by atoms with Crippen LogP contribution in [0.3, 0.4) is 0 Å². The summed E-state index contributed by atoms with van der Waals surface area (Å²) >= 11 is 3.36. The minimum Gasteiger partial charge on any atom is -0.507 e. The summed E-state index contributed by atoms with van der Waals surface area (Å²) in [6, 6.07) is 9.48. The van der Waals surface area contributed by atoms with Crippen LogP contribution in [0.5, 0.6) is 5.75 Å². The van der Waals surface area contributed by atoms with Gasteiger partial charge in [0.15, 0.2) is 0 Å². The number of aliphatic hydroxyl groups is 1. The molecule has 8 heteroatoms. The number of hydrogen-bond acceptors (Lipinski definition) is 5. The van der Waals surface area contributed by atoms with Crippen molar-refractivity contribution in [1.29, 1.82) is 0 Å². The van der Waals surface area contributed by atoms with E-state index in [1.54, 1.807) is 18.2 Å². The predicted molar refractivity (Wildman–Crippen MR) is 117 cm³/mol. The van der Waals surface area contributed by atoms with Gasteiger partial charge in [0.2, 0.25) is 0 Å². The number of rotatable bonds is 7. The number of ketones is 1. The number of hydrogen-bond donors (Lipinski definition) is 1. The first-order chi connectivity index (χ1) is 14.7. The van der Waals surface area contributed by atoms with Crippen molar-refractivity contribution in [3.05, 3.63) is 69.5 Å². The molecular weight excluding hydrogens is 469 g/mol. The maximum Gasteiger partial charge on any atom is 0.295 e. The van der Waals surface area contributed by atoms with Crippen molar-refractivity contribution < 1.29 is 28.6 Å². The molecule has 1 fully saturated rings. The number of methoxy groups -OCH3 is 1. The van der Waals surface area contributed by atoms with Crippen LogP contribution in [0.1, 0.15) is 31.0 Å². The summed E-state index contributed by atoms with van der Waals surface area (Å²) < 4.78 is 24.8. The molecule has 1 N–H and O–H groups in total. The van der Waals surface area contributed by atoms with Crippen LogP contribution in [0.2, 0.25) is 0 Å². The molecule has 0 aliphatic carbocycles. The fourth-order valence-electron chi connectivity index (χ4n) is 3.46. The number of carbonyl (C=O) groups is 2. The molecule has 1 heterocycles. The largest absolute Gasteiger partial charge is 0.507 e. The Balaban J connectivity index is 2.10. The Morgan fingerprint density at radius 2 is 1.87 bits per heavy atom. The molecule has 164 valence electrons. The number of likely N-dealkylation sites (tertiary alicyclic amines) is 1.